The summed E-state index contributed by atoms with van der Waals surface area (Å²) < 4.78 is 0. The topological polar surface area (TPSA) is 41.1 Å². The highest BCUT2D eigenvalue weighted by atomic mass is 16.2. The van der Waals surface area contributed by atoms with Gasteiger partial charge in [0.2, 0.25) is 5.91 Å². The molecule has 3 heteroatoms. The van der Waals surface area contributed by atoms with Gasteiger partial charge in [0.15, 0.2) is 0 Å². The molecule has 134 valence electrons. The lowest BCUT2D eigenvalue weighted by atomic mass is 9.86. The van der Waals surface area contributed by atoms with Crippen molar-refractivity contribution in [1.29, 1.82) is 0 Å². The molecule has 2 unspecified atom stereocenters. The number of rotatable bonds is 4. The van der Waals surface area contributed by atoms with Crippen LogP contribution in [-0.4, -0.2) is 18.5 Å². The molecule has 26 heavy (non-hydrogen) atoms. The van der Waals surface area contributed by atoms with Crippen molar-refractivity contribution in [2.45, 2.75) is 38.6 Å². The maximum atomic E-state index is 12.2. The molecule has 1 fully saturated rings. The van der Waals surface area contributed by atoms with E-state index < -0.39 is 0 Å². The summed E-state index contributed by atoms with van der Waals surface area (Å²) >= 11 is 0. The molecule has 3 nitrogen and oxygen atoms in total. The number of benzene rings is 2. The summed E-state index contributed by atoms with van der Waals surface area (Å²) in [6.07, 6.45) is 4.80. The van der Waals surface area contributed by atoms with E-state index in [1.807, 2.05) is 54.6 Å². The molecule has 0 aliphatic heterocycles. The number of carbonyl (C=O) groups is 1. The Morgan fingerprint density at radius 1 is 1.00 bits per heavy atom. The fourth-order valence-electron chi connectivity index (χ4n) is 3.34. The highest BCUT2D eigenvalue weighted by Gasteiger charge is 2.22. The summed E-state index contributed by atoms with van der Waals surface area (Å²) in [5.41, 5.74) is 2.84. The third-order valence-electron chi connectivity index (χ3n) is 4.90. The van der Waals surface area contributed by atoms with Gasteiger partial charge in [0.05, 0.1) is 6.54 Å². The average molecular weight is 346 g/mol. The first-order valence-electron chi connectivity index (χ1n) is 9.41. The molecule has 1 amide bonds. The van der Waals surface area contributed by atoms with Gasteiger partial charge >= 0.3 is 0 Å². The first-order valence-corrected chi connectivity index (χ1v) is 9.41. The van der Waals surface area contributed by atoms with Crippen LogP contribution in [-0.2, 0) is 4.79 Å². The maximum Gasteiger partial charge on any atom is 0.239 e. The summed E-state index contributed by atoms with van der Waals surface area (Å²) in [7, 11) is 0. The Kier molecular flexibility index (Phi) is 6.33. The first kappa shape index (κ1) is 18.1. The molecule has 0 aromatic heterocycles. The minimum atomic E-state index is 0.0597. The number of nitrogens with one attached hydrogen (secondary N) is 2. The summed E-state index contributed by atoms with van der Waals surface area (Å²) in [5, 5.41) is 6.38. The van der Waals surface area contributed by atoms with E-state index in [-0.39, 0.29) is 5.91 Å². The Morgan fingerprint density at radius 2 is 1.73 bits per heavy atom. The van der Waals surface area contributed by atoms with E-state index in [4.69, 9.17) is 0 Å². The monoisotopic (exact) mass is 346 g/mol. The third kappa shape index (κ3) is 5.39. The molecule has 0 radical (unpaired) electrons. The van der Waals surface area contributed by atoms with E-state index >= 15 is 0 Å². The van der Waals surface area contributed by atoms with Gasteiger partial charge in [-0.1, -0.05) is 55.9 Å². The Hall–Kier alpha value is -2.73. The van der Waals surface area contributed by atoms with Crippen molar-refractivity contribution in [2.24, 2.45) is 5.92 Å². The zero-order valence-corrected chi connectivity index (χ0v) is 15.3. The second-order valence-corrected chi connectivity index (χ2v) is 6.99. The molecule has 3 rings (SSSR count). The van der Waals surface area contributed by atoms with Crippen LogP contribution in [0.5, 0.6) is 0 Å². The largest absolute Gasteiger partial charge is 0.376 e. The van der Waals surface area contributed by atoms with E-state index in [9.17, 15) is 4.79 Å². The predicted molar refractivity (Wildman–Crippen MR) is 107 cm³/mol. The van der Waals surface area contributed by atoms with Crippen molar-refractivity contribution < 1.29 is 4.79 Å². The van der Waals surface area contributed by atoms with Crippen LogP contribution in [0.4, 0.5) is 5.69 Å². The van der Waals surface area contributed by atoms with Crippen LogP contribution < -0.4 is 10.6 Å². The molecule has 0 saturated heterocycles. The normalized spacial score (nSPS) is 19.1. The van der Waals surface area contributed by atoms with Crippen molar-refractivity contribution in [3.63, 3.8) is 0 Å². The zero-order chi connectivity index (χ0) is 18.2. The summed E-state index contributed by atoms with van der Waals surface area (Å²) in [6.45, 7) is 2.52. The maximum absolute atomic E-state index is 12.2. The first-order chi connectivity index (χ1) is 12.7. The van der Waals surface area contributed by atoms with E-state index in [1.165, 1.54) is 19.3 Å². The minimum absolute atomic E-state index is 0.0597. The second kappa shape index (κ2) is 9.10. The quantitative estimate of drug-likeness (QED) is 0.815. The van der Waals surface area contributed by atoms with E-state index in [2.05, 4.69) is 29.4 Å². The number of carbonyl (C=O) groups excluding carboxylic acids is 1. The number of anilines is 1. The molecule has 0 spiro atoms. The zero-order valence-electron chi connectivity index (χ0n) is 15.3. The lowest BCUT2D eigenvalue weighted by Gasteiger charge is -2.29. The summed E-state index contributed by atoms with van der Waals surface area (Å²) in [6, 6.07) is 18.1. The number of hydrogen-bond donors (Lipinski definition) is 2. The Balaban J connectivity index is 1.54. The number of hydrogen-bond acceptors (Lipinski definition) is 2. The molecule has 1 aliphatic carbocycles. The van der Waals surface area contributed by atoms with Crippen LogP contribution in [0.25, 0.3) is 0 Å². The van der Waals surface area contributed by atoms with Gasteiger partial charge in [-0.25, -0.2) is 0 Å². The predicted octanol–water partition coefficient (Wildman–Crippen LogP) is 4.19. The Morgan fingerprint density at radius 3 is 2.54 bits per heavy atom. The van der Waals surface area contributed by atoms with Gasteiger partial charge < -0.3 is 10.6 Å². The smallest absolute Gasteiger partial charge is 0.239 e. The van der Waals surface area contributed by atoms with Crippen molar-refractivity contribution in [1.82, 2.24) is 5.32 Å². The fourth-order valence-corrected chi connectivity index (χ4v) is 3.34. The van der Waals surface area contributed by atoms with Crippen molar-refractivity contribution in [3.8, 4) is 11.8 Å². The van der Waals surface area contributed by atoms with Gasteiger partial charge in [-0.3, -0.25) is 4.79 Å². The molecule has 2 N–H and O–H groups in total. The second-order valence-electron chi connectivity index (χ2n) is 6.99. The lowest BCUT2D eigenvalue weighted by molar-refractivity contribution is -0.120. The molecule has 0 bridgehead atoms. The fraction of sp³-hybridized carbons (Fsp3) is 0.348. The van der Waals surface area contributed by atoms with Crippen LogP contribution >= 0.6 is 0 Å². The van der Waals surface area contributed by atoms with Crippen LogP contribution in [0, 0.1) is 17.8 Å². The van der Waals surface area contributed by atoms with E-state index in [0.717, 1.165) is 23.2 Å². The Labute approximate surface area is 156 Å². The average Bonchev–Trinajstić information content (AvgIpc) is 2.68. The van der Waals surface area contributed by atoms with Crippen LogP contribution in [0.15, 0.2) is 54.6 Å². The van der Waals surface area contributed by atoms with E-state index in [1.54, 1.807) is 0 Å². The van der Waals surface area contributed by atoms with Crippen molar-refractivity contribution >= 4 is 11.6 Å². The Bertz CT molecular complexity index is 789. The van der Waals surface area contributed by atoms with Gasteiger partial charge in [-0.15, -0.1) is 0 Å². The van der Waals surface area contributed by atoms with Gasteiger partial charge in [-0.2, -0.15) is 0 Å². The minimum Gasteiger partial charge on any atom is -0.376 e. The van der Waals surface area contributed by atoms with Crippen molar-refractivity contribution in [3.05, 3.63) is 65.7 Å². The van der Waals surface area contributed by atoms with Gasteiger partial charge in [0.1, 0.15) is 0 Å². The van der Waals surface area contributed by atoms with Crippen LogP contribution in [0.1, 0.15) is 43.7 Å². The van der Waals surface area contributed by atoms with Gasteiger partial charge in [0, 0.05) is 22.9 Å². The molecule has 1 saturated carbocycles. The highest BCUT2D eigenvalue weighted by molar-refractivity contribution is 5.81. The molecule has 2 atom stereocenters. The standard InChI is InChI=1S/C23H26N2O/c1-18-8-5-6-13-22(18)25-23(26)17-24-21-12-7-11-20(16-21)15-14-19-9-3-2-4-10-19/h2-4,7,9-12,16,18,22,24H,5-6,8,13,17H2,1H3,(H,25,26). The molecule has 2 aromatic rings. The molecule has 1 aliphatic rings. The van der Waals surface area contributed by atoms with Gasteiger partial charge in [0.25, 0.3) is 0 Å². The van der Waals surface area contributed by atoms with Crippen LogP contribution in [0.2, 0.25) is 0 Å². The molecule has 0 heterocycles. The molecular weight excluding hydrogens is 320 g/mol. The SMILES string of the molecule is CC1CCCCC1NC(=O)CNc1cccc(C#Cc2ccccc2)c1. The number of amides is 1. The summed E-state index contributed by atoms with van der Waals surface area (Å²) in [4.78, 5) is 12.2. The van der Waals surface area contributed by atoms with Crippen LogP contribution in [0.3, 0.4) is 0 Å². The molecular formula is C23H26N2O. The van der Waals surface area contributed by atoms with E-state index in [0.29, 0.717) is 18.5 Å². The summed E-state index contributed by atoms with van der Waals surface area (Å²) in [5.74, 6) is 6.96. The highest BCUT2D eigenvalue weighted by Crippen LogP contribution is 2.23. The molecule has 2 aromatic carbocycles. The van der Waals surface area contributed by atoms with Gasteiger partial charge in [-0.05, 0) is 49.1 Å². The lowest BCUT2D eigenvalue weighted by Crippen LogP contribution is -2.43. The van der Waals surface area contributed by atoms with Crippen molar-refractivity contribution in [2.75, 3.05) is 11.9 Å². The third-order valence-corrected chi connectivity index (χ3v) is 4.90.